The summed E-state index contributed by atoms with van der Waals surface area (Å²) in [6.07, 6.45) is 0. The summed E-state index contributed by atoms with van der Waals surface area (Å²) in [4.78, 5) is 15.1. The van der Waals surface area contributed by atoms with Gasteiger partial charge in [-0.3, -0.25) is 0 Å². The molecule has 2 aromatic rings. The number of rotatable bonds is 0. The summed E-state index contributed by atoms with van der Waals surface area (Å²) >= 11 is 0. The zero-order chi connectivity index (χ0) is 10.6. The Labute approximate surface area is 81.2 Å². The van der Waals surface area contributed by atoms with Gasteiger partial charge in [-0.1, -0.05) is 31.1 Å². The van der Waals surface area contributed by atoms with Crippen molar-refractivity contribution in [3.8, 4) is 0 Å². The highest BCUT2D eigenvalue weighted by molar-refractivity contribution is 5.70. The summed E-state index contributed by atoms with van der Waals surface area (Å²) in [5.74, 6) is 0.115. The van der Waals surface area contributed by atoms with Crippen molar-refractivity contribution in [2.45, 2.75) is 13.8 Å². The molecule has 0 radical (unpaired) electrons. The summed E-state index contributed by atoms with van der Waals surface area (Å²) in [5.41, 5.74) is 6.40. The number of hydrogen-bond donors (Lipinski definition) is 2. The van der Waals surface area contributed by atoms with Crippen LogP contribution in [0.2, 0.25) is 0 Å². The van der Waals surface area contributed by atoms with Crippen molar-refractivity contribution in [1.29, 1.82) is 0 Å². The third kappa shape index (κ3) is 1.87. The molecule has 0 bridgehead atoms. The summed E-state index contributed by atoms with van der Waals surface area (Å²) in [6.45, 7) is 4.00. The Morgan fingerprint density at radius 3 is 2.71 bits per heavy atom. The summed E-state index contributed by atoms with van der Waals surface area (Å²) in [6, 6.07) is 6.97. The molecule has 0 atom stereocenters. The molecule has 0 spiro atoms. The number of nitrogens with two attached hydrogens (primary N) is 1. The molecule has 0 unspecified atom stereocenters. The third-order valence-corrected chi connectivity index (χ3v) is 1.56. The highest BCUT2D eigenvalue weighted by atomic mass is 16.3. The second-order valence-corrected chi connectivity index (χ2v) is 2.39. The van der Waals surface area contributed by atoms with E-state index in [0.717, 1.165) is 0 Å². The largest absolute Gasteiger partial charge is 0.365 e. The van der Waals surface area contributed by atoms with Gasteiger partial charge in [0.25, 0.3) is 5.95 Å². The molecule has 0 saturated heterocycles. The Morgan fingerprint density at radius 2 is 2.00 bits per heavy atom. The lowest BCUT2D eigenvalue weighted by atomic mass is 10.3. The molecule has 2 rings (SSSR count). The molecule has 0 amide bonds. The van der Waals surface area contributed by atoms with E-state index in [0.29, 0.717) is 15.6 Å². The average molecular weight is 193 g/mol. The van der Waals surface area contributed by atoms with Crippen molar-refractivity contribution >= 4 is 17.0 Å². The number of anilines is 1. The molecule has 1 aromatic carbocycles. The first-order chi connectivity index (χ1) is 6.77. The van der Waals surface area contributed by atoms with Crippen LogP contribution in [0.15, 0.2) is 24.3 Å². The van der Waals surface area contributed by atoms with E-state index in [9.17, 15) is 4.91 Å². The van der Waals surface area contributed by atoms with E-state index in [1.165, 1.54) is 0 Å². The van der Waals surface area contributed by atoms with Gasteiger partial charge in [0.1, 0.15) is 5.52 Å². The molecule has 1 aromatic heterocycles. The van der Waals surface area contributed by atoms with Crippen LogP contribution in [-0.4, -0.2) is 10.1 Å². The molecule has 0 saturated carbocycles. The number of aromatic nitrogens is 3. The van der Waals surface area contributed by atoms with Crippen LogP contribution in [0.3, 0.4) is 0 Å². The number of nitrogen functional groups attached to an aromatic ring is 1. The van der Waals surface area contributed by atoms with Crippen molar-refractivity contribution < 1.29 is 4.54 Å². The van der Waals surface area contributed by atoms with Gasteiger partial charge in [0, 0.05) is 6.07 Å². The lowest BCUT2D eigenvalue weighted by Crippen LogP contribution is -2.22. The van der Waals surface area contributed by atoms with Crippen molar-refractivity contribution in [3.05, 3.63) is 29.2 Å². The molecule has 0 aliphatic carbocycles. The Morgan fingerprint density at radius 1 is 1.36 bits per heavy atom. The first-order valence-electron chi connectivity index (χ1n) is 4.44. The van der Waals surface area contributed by atoms with Gasteiger partial charge < -0.3 is 5.73 Å². The summed E-state index contributed by atoms with van der Waals surface area (Å²) < 4.78 is 0.595. The monoisotopic (exact) mass is 193 g/mol. The molecule has 0 fully saturated rings. The Kier molecular flexibility index (Phi) is 3.17. The normalized spacial score (nSPS) is 9.29. The van der Waals surface area contributed by atoms with E-state index < -0.39 is 0 Å². The van der Waals surface area contributed by atoms with Gasteiger partial charge in [0.2, 0.25) is 0 Å². The Bertz CT molecular complexity index is 477. The zero-order valence-corrected chi connectivity index (χ0v) is 8.19. The van der Waals surface area contributed by atoms with Crippen LogP contribution in [0.5, 0.6) is 0 Å². The van der Waals surface area contributed by atoms with Gasteiger partial charge >= 0.3 is 5.52 Å². The molecule has 1 heterocycles. The maximum Gasteiger partial charge on any atom is 0.317 e. The van der Waals surface area contributed by atoms with Gasteiger partial charge in [0.15, 0.2) is 4.54 Å². The first kappa shape index (κ1) is 10.2. The number of aromatic amines is 1. The van der Waals surface area contributed by atoms with Gasteiger partial charge in [-0.2, -0.15) is 0 Å². The molecule has 14 heavy (non-hydrogen) atoms. The Hall–Kier alpha value is -1.91. The van der Waals surface area contributed by atoms with E-state index in [-0.39, 0.29) is 5.95 Å². The number of H-pyrrole nitrogens is 1. The van der Waals surface area contributed by atoms with Crippen molar-refractivity contribution in [2.24, 2.45) is 0 Å². The van der Waals surface area contributed by atoms with E-state index >= 15 is 0 Å². The SMILES string of the molecule is CC.Nc1nc2ccccc2[n+](=O)[nH]1. The number of nitrogens with zero attached hydrogens (tertiary/aromatic N) is 2. The predicted molar refractivity (Wildman–Crippen MR) is 55.2 cm³/mol. The van der Waals surface area contributed by atoms with E-state index in [2.05, 4.69) is 10.1 Å². The van der Waals surface area contributed by atoms with Crippen molar-refractivity contribution in [1.82, 2.24) is 10.1 Å². The number of hydrogen-bond acceptors (Lipinski definition) is 3. The number of para-hydroxylation sites is 2. The molecule has 5 nitrogen and oxygen atoms in total. The fourth-order valence-electron chi connectivity index (χ4n) is 1.05. The number of nitrogens with one attached hydrogen (secondary N) is 1. The van der Waals surface area contributed by atoms with Crippen LogP contribution in [0.1, 0.15) is 13.8 Å². The maximum atomic E-state index is 11.1. The van der Waals surface area contributed by atoms with Gasteiger partial charge in [-0.25, -0.2) is 4.98 Å². The minimum atomic E-state index is 0.115. The first-order valence-corrected chi connectivity index (χ1v) is 4.44. The number of benzene rings is 1. The van der Waals surface area contributed by atoms with Gasteiger partial charge in [-0.15, -0.1) is 0 Å². The molecular weight excluding hydrogens is 180 g/mol. The van der Waals surface area contributed by atoms with E-state index in [1.807, 2.05) is 13.8 Å². The quantitative estimate of drug-likeness (QED) is 0.615. The zero-order valence-electron chi connectivity index (χ0n) is 8.19. The summed E-state index contributed by atoms with van der Waals surface area (Å²) in [5, 5.41) is 2.34. The van der Waals surface area contributed by atoms with Crippen LogP contribution in [0.4, 0.5) is 5.95 Å². The van der Waals surface area contributed by atoms with E-state index in [4.69, 9.17) is 5.73 Å². The van der Waals surface area contributed by atoms with Crippen LogP contribution in [0, 0.1) is 4.91 Å². The van der Waals surface area contributed by atoms with Crippen LogP contribution >= 0.6 is 0 Å². The fourth-order valence-corrected chi connectivity index (χ4v) is 1.05. The number of fused-ring (bicyclic) bond motifs is 1. The minimum absolute atomic E-state index is 0.115. The van der Waals surface area contributed by atoms with Gasteiger partial charge in [0.05, 0.1) is 4.91 Å². The lowest BCUT2D eigenvalue weighted by molar-refractivity contribution is -0.535. The minimum Gasteiger partial charge on any atom is -0.365 e. The molecule has 3 N–H and O–H groups in total. The smallest absolute Gasteiger partial charge is 0.317 e. The predicted octanol–water partition coefficient (Wildman–Crippen LogP) is 1.09. The fraction of sp³-hybridized carbons (Fsp3) is 0.222. The second-order valence-electron chi connectivity index (χ2n) is 2.39. The maximum absolute atomic E-state index is 11.1. The summed E-state index contributed by atoms with van der Waals surface area (Å²) in [7, 11) is 0. The molecule has 5 heteroatoms. The van der Waals surface area contributed by atoms with E-state index in [1.54, 1.807) is 24.3 Å². The highest BCUT2D eigenvalue weighted by Gasteiger charge is 2.06. The molecular formula is C9H13N4O+. The third-order valence-electron chi connectivity index (χ3n) is 1.56. The highest BCUT2D eigenvalue weighted by Crippen LogP contribution is 2.04. The lowest BCUT2D eigenvalue weighted by Gasteiger charge is -1.88. The topological polar surface area (TPSA) is 77.7 Å². The standard InChI is InChI=1S/C7H7N4O.C2H6/c8-7-9-5-3-1-2-4-6(5)11(12)10-7;1-2/h1-4H,(H3,8,9,10,12);1-2H3/q+1;. The van der Waals surface area contributed by atoms with Gasteiger partial charge in [-0.05, 0) is 6.07 Å². The van der Waals surface area contributed by atoms with Crippen LogP contribution in [0.25, 0.3) is 11.0 Å². The average Bonchev–Trinajstić information content (AvgIpc) is 2.20. The second kappa shape index (κ2) is 4.36. The molecule has 0 aliphatic heterocycles. The van der Waals surface area contributed by atoms with Crippen molar-refractivity contribution in [3.63, 3.8) is 0 Å². The van der Waals surface area contributed by atoms with Crippen LogP contribution in [-0.2, 0) is 0 Å². The van der Waals surface area contributed by atoms with Crippen molar-refractivity contribution in [2.75, 3.05) is 5.73 Å². The molecule has 0 aliphatic rings. The van der Waals surface area contributed by atoms with Crippen LogP contribution < -0.4 is 10.3 Å². The Balaban J connectivity index is 0.000000461. The molecule has 74 valence electrons.